The van der Waals surface area contributed by atoms with Crippen molar-refractivity contribution in [2.24, 2.45) is 0 Å². The fraction of sp³-hybridized carbons (Fsp3) is 0.882. The molecular formula is C17H32N2O. The number of piperidine rings is 1. The largest absolute Gasteiger partial charge is 0.377 e. The van der Waals surface area contributed by atoms with Gasteiger partial charge in [-0.1, -0.05) is 24.5 Å². The molecule has 2 rings (SSSR count). The lowest BCUT2D eigenvalue weighted by Crippen LogP contribution is -2.43. The van der Waals surface area contributed by atoms with E-state index < -0.39 is 0 Å². The van der Waals surface area contributed by atoms with Crippen LogP contribution < -0.4 is 5.32 Å². The molecule has 0 atom stereocenters. The van der Waals surface area contributed by atoms with Gasteiger partial charge in [-0.3, -0.25) is 4.90 Å². The fourth-order valence-electron chi connectivity index (χ4n) is 3.17. The SMILES string of the molecule is CC(C)=CCN1CCC(NCCOC2CCCC2)CC1. The van der Waals surface area contributed by atoms with Crippen LogP contribution in [0.4, 0.5) is 0 Å². The summed E-state index contributed by atoms with van der Waals surface area (Å²) in [5.74, 6) is 0. The highest BCUT2D eigenvalue weighted by Crippen LogP contribution is 2.20. The van der Waals surface area contributed by atoms with Gasteiger partial charge in [0.2, 0.25) is 0 Å². The predicted molar refractivity (Wildman–Crippen MR) is 85.1 cm³/mol. The molecule has 1 aliphatic heterocycles. The van der Waals surface area contributed by atoms with E-state index in [1.54, 1.807) is 0 Å². The normalized spacial score (nSPS) is 22.3. The molecule has 0 aromatic heterocycles. The fourth-order valence-corrected chi connectivity index (χ4v) is 3.17. The zero-order valence-corrected chi connectivity index (χ0v) is 13.4. The van der Waals surface area contributed by atoms with E-state index >= 15 is 0 Å². The summed E-state index contributed by atoms with van der Waals surface area (Å²) in [6.45, 7) is 9.85. The van der Waals surface area contributed by atoms with Gasteiger partial charge in [-0.25, -0.2) is 0 Å². The second-order valence-corrected chi connectivity index (χ2v) is 6.59. The van der Waals surface area contributed by atoms with Crippen LogP contribution in [0.15, 0.2) is 11.6 Å². The second-order valence-electron chi connectivity index (χ2n) is 6.59. The average molecular weight is 280 g/mol. The van der Waals surface area contributed by atoms with Crippen molar-refractivity contribution in [1.29, 1.82) is 0 Å². The van der Waals surface area contributed by atoms with Gasteiger partial charge < -0.3 is 10.1 Å². The molecule has 20 heavy (non-hydrogen) atoms. The number of ether oxygens (including phenoxy) is 1. The third-order valence-electron chi connectivity index (χ3n) is 4.54. The highest BCUT2D eigenvalue weighted by Gasteiger charge is 2.18. The van der Waals surface area contributed by atoms with Crippen molar-refractivity contribution < 1.29 is 4.74 Å². The minimum atomic E-state index is 0.558. The molecule has 0 aromatic rings. The first-order valence-corrected chi connectivity index (χ1v) is 8.45. The standard InChI is InChI=1S/C17H32N2O/c1-15(2)7-11-19-12-8-16(9-13-19)18-10-14-20-17-5-3-4-6-17/h7,16-18H,3-6,8-14H2,1-2H3. The number of nitrogens with zero attached hydrogens (tertiary/aromatic N) is 1. The van der Waals surface area contributed by atoms with Gasteiger partial charge in [-0.2, -0.15) is 0 Å². The first-order chi connectivity index (χ1) is 9.74. The molecule has 2 aliphatic rings. The van der Waals surface area contributed by atoms with E-state index in [9.17, 15) is 0 Å². The van der Waals surface area contributed by atoms with Gasteiger partial charge in [0.05, 0.1) is 12.7 Å². The predicted octanol–water partition coefficient (Wildman–Crippen LogP) is 2.97. The molecule has 0 unspecified atom stereocenters. The second kappa shape index (κ2) is 8.81. The summed E-state index contributed by atoms with van der Waals surface area (Å²) in [7, 11) is 0. The number of hydrogen-bond acceptors (Lipinski definition) is 3. The Balaban J connectivity index is 1.50. The molecule has 1 aliphatic carbocycles. The van der Waals surface area contributed by atoms with Crippen LogP contribution in [-0.2, 0) is 4.74 Å². The van der Waals surface area contributed by atoms with Gasteiger partial charge in [-0.05, 0) is 52.6 Å². The smallest absolute Gasteiger partial charge is 0.0594 e. The maximum Gasteiger partial charge on any atom is 0.0594 e. The van der Waals surface area contributed by atoms with Crippen LogP contribution in [0.2, 0.25) is 0 Å². The number of likely N-dealkylation sites (tertiary alicyclic amines) is 1. The maximum atomic E-state index is 5.90. The Morgan fingerprint density at radius 3 is 2.50 bits per heavy atom. The van der Waals surface area contributed by atoms with Crippen molar-refractivity contribution in [2.75, 3.05) is 32.8 Å². The minimum Gasteiger partial charge on any atom is -0.377 e. The Morgan fingerprint density at radius 2 is 1.85 bits per heavy atom. The quantitative estimate of drug-likeness (QED) is 0.573. The van der Waals surface area contributed by atoms with Gasteiger partial charge in [0.25, 0.3) is 0 Å². The number of rotatable bonds is 7. The molecule has 0 amide bonds. The van der Waals surface area contributed by atoms with Gasteiger partial charge in [0, 0.05) is 19.1 Å². The topological polar surface area (TPSA) is 24.5 Å². The van der Waals surface area contributed by atoms with Gasteiger partial charge >= 0.3 is 0 Å². The van der Waals surface area contributed by atoms with E-state index in [1.165, 1.54) is 57.2 Å². The molecule has 1 saturated carbocycles. The number of nitrogens with one attached hydrogen (secondary N) is 1. The number of allylic oxidation sites excluding steroid dienone is 1. The maximum absolute atomic E-state index is 5.90. The van der Waals surface area contributed by atoms with Gasteiger partial charge in [0.15, 0.2) is 0 Å². The summed E-state index contributed by atoms with van der Waals surface area (Å²) < 4.78 is 5.90. The van der Waals surface area contributed by atoms with Crippen LogP contribution >= 0.6 is 0 Å². The Labute approximate surface area is 124 Å². The van der Waals surface area contributed by atoms with Crippen molar-refractivity contribution >= 4 is 0 Å². The first-order valence-electron chi connectivity index (χ1n) is 8.45. The van der Waals surface area contributed by atoms with E-state index in [0.29, 0.717) is 12.1 Å². The van der Waals surface area contributed by atoms with Gasteiger partial charge in [-0.15, -0.1) is 0 Å². The lowest BCUT2D eigenvalue weighted by atomic mass is 10.1. The third-order valence-corrected chi connectivity index (χ3v) is 4.54. The molecule has 0 bridgehead atoms. The molecule has 0 radical (unpaired) electrons. The van der Waals surface area contributed by atoms with E-state index in [-0.39, 0.29) is 0 Å². The molecule has 1 saturated heterocycles. The Morgan fingerprint density at radius 1 is 1.15 bits per heavy atom. The average Bonchev–Trinajstić information content (AvgIpc) is 2.96. The lowest BCUT2D eigenvalue weighted by molar-refractivity contribution is 0.0577. The van der Waals surface area contributed by atoms with Crippen molar-refractivity contribution in [3.05, 3.63) is 11.6 Å². The van der Waals surface area contributed by atoms with Crippen LogP contribution in [0.1, 0.15) is 52.4 Å². The summed E-state index contributed by atoms with van der Waals surface area (Å²) in [6, 6.07) is 0.699. The summed E-state index contributed by atoms with van der Waals surface area (Å²) in [4.78, 5) is 2.56. The molecule has 3 nitrogen and oxygen atoms in total. The lowest BCUT2D eigenvalue weighted by Gasteiger charge is -2.32. The highest BCUT2D eigenvalue weighted by molar-refractivity contribution is 4.95. The Bertz CT molecular complexity index is 285. The summed E-state index contributed by atoms with van der Waals surface area (Å²) in [5.41, 5.74) is 1.43. The van der Waals surface area contributed by atoms with Gasteiger partial charge in [0.1, 0.15) is 0 Å². The zero-order chi connectivity index (χ0) is 14.2. The van der Waals surface area contributed by atoms with E-state index in [2.05, 4.69) is 30.1 Å². The van der Waals surface area contributed by atoms with Crippen LogP contribution in [0.25, 0.3) is 0 Å². The molecule has 1 heterocycles. The number of hydrogen-bond donors (Lipinski definition) is 1. The zero-order valence-electron chi connectivity index (χ0n) is 13.4. The van der Waals surface area contributed by atoms with Crippen molar-refractivity contribution in [1.82, 2.24) is 10.2 Å². The summed E-state index contributed by atoms with van der Waals surface area (Å²) in [5, 5.41) is 3.66. The highest BCUT2D eigenvalue weighted by atomic mass is 16.5. The molecule has 3 heteroatoms. The molecule has 2 fully saturated rings. The van der Waals surface area contributed by atoms with Crippen LogP contribution in [0, 0.1) is 0 Å². The molecule has 0 spiro atoms. The molecular weight excluding hydrogens is 248 g/mol. The van der Waals surface area contributed by atoms with Crippen LogP contribution in [0.3, 0.4) is 0 Å². The molecule has 116 valence electrons. The minimum absolute atomic E-state index is 0.558. The monoisotopic (exact) mass is 280 g/mol. The first kappa shape index (κ1) is 16.0. The van der Waals surface area contributed by atoms with E-state index in [4.69, 9.17) is 4.74 Å². The summed E-state index contributed by atoms with van der Waals surface area (Å²) >= 11 is 0. The molecule has 0 aromatic carbocycles. The third kappa shape index (κ3) is 5.94. The Hall–Kier alpha value is -0.380. The van der Waals surface area contributed by atoms with Crippen molar-refractivity contribution in [3.8, 4) is 0 Å². The molecule has 1 N–H and O–H groups in total. The van der Waals surface area contributed by atoms with Crippen molar-refractivity contribution in [3.63, 3.8) is 0 Å². The van der Waals surface area contributed by atoms with E-state index in [1.807, 2.05) is 0 Å². The summed E-state index contributed by atoms with van der Waals surface area (Å²) in [6.07, 6.45) is 10.7. The van der Waals surface area contributed by atoms with Crippen LogP contribution in [0.5, 0.6) is 0 Å². The van der Waals surface area contributed by atoms with Crippen LogP contribution in [-0.4, -0.2) is 49.8 Å². The van der Waals surface area contributed by atoms with Crippen molar-refractivity contribution in [2.45, 2.75) is 64.5 Å². The van der Waals surface area contributed by atoms with E-state index in [0.717, 1.165) is 19.7 Å². The Kier molecular flexibility index (Phi) is 7.05.